The summed E-state index contributed by atoms with van der Waals surface area (Å²) in [5.41, 5.74) is 9.72. The Bertz CT molecular complexity index is 1380. The summed E-state index contributed by atoms with van der Waals surface area (Å²) < 4.78 is 7.41. The van der Waals surface area contributed by atoms with Gasteiger partial charge in [0.25, 0.3) is 0 Å². The second-order valence-electron chi connectivity index (χ2n) is 8.37. The molecule has 3 aromatic rings. The van der Waals surface area contributed by atoms with Gasteiger partial charge in [0.1, 0.15) is 11.2 Å². The Labute approximate surface area is 212 Å². The zero-order valence-corrected chi connectivity index (χ0v) is 22.2. The average Bonchev–Trinajstić information content (AvgIpc) is 3.28. The lowest BCUT2D eigenvalue weighted by atomic mass is 9.90. The largest absolute Gasteiger partial charge is 0.456 e. The molecule has 0 unspecified atom stereocenters. The Hall–Kier alpha value is -2.84. The Kier molecular flexibility index (Phi) is 7.90. The quantitative estimate of drug-likeness (QED) is 0.343. The second-order valence-corrected chi connectivity index (χ2v) is 9.28. The van der Waals surface area contributed by atoms with Crippen molar-refractivity contribution in [3.05, 3.63) is 104 Å². The lowest BCUT2D eigenvalue weighted by molar-refractivity contribution is 0.514. The number of fused-ring (bicyclic) bond motifs is 1. The summed E-state index contributed by atoms with van der Waals surface area (Å²) in [5, 5.41) is 1.24. The molecule has 0 atom stereocenters. The van der Waals surface area contributed by atoms with Crippen LogP contribution in [0.15, 0.2) is 75.7 Å². The molecule has 0 N–H and O–H groups in total. The lowest BCUT2D eigenvalue weighted by Gasteiger charge is -2.15. The maximum absolute atomic E-state index is 6.33. The van der Waals surface area contributed by atoms with Crippen molar-refractivity contribution in [2.45, 2.75) is 53.4 Å². The zero-order chi connectivity index (χ0) is 24.1. The van der Waals surface area contributed by atoms with Gasteiger partial charge < -0.3 is 4.42 Å². The van der Waals surface area contributed by atoms with Crippen molar-refractivity contribution >= 4 is 39.2 Å². The summed E-state index contributed by atoms with van der Waals surface area (Å²) in [5.74, 6) is 1.02. The molecule has 1 aromatic heterocycles. The summed E-state index contributed by atoms with van der Waals surface area (Å²) in [7, 11) is 0. The second kappa shape index (κ2) is 11.1. The van der Waals surface area contributed by atoms with Crippen LogP contribution in [0.4, 0.5) is 0 Å². The van der Waals surface area contributed by atoms with E-state index in [1.54, 1.807) is 0 Å². The number of allylic oxidation sites excluding steroid dienone is 5. The van der Waals surface area contributed by atoms with Gasteiger partial charge in [-0.15, -0.1) is 0 Å². The number of furan rings is 1. The van der Waals surface area contributed by atoms with Gasteiger partial charge in [-0.25, -0.2) is 0 Å². The van der Waals surface area contributed by atoms with Gasteiger partial charge in [-0.3, -0.25) is 0 Å². The molecule has 0 aliphatic heterocycles. The summed E-state index contributed by atoms with van der Waals surface area (Å²) >= 11 is 3.75. The molecule has 1 heterocycles. The van der Waals surface area contributed by atoms with Gasteiger partial charge in [-0.2, -0.15) is 0 Å². The van der Waals surface area contributed by atoms with Gasteiger partial charge in [0.15, 0.2) is 0 Å². The van der Waals surface area contributed by atoms with Crippen LogP contribution in [0.5, 0.6) is 0 Å². The molecule has 0 fully saturated rings. The zero-order valence-electron chi connectivity index (χ0n) is 20.6. The normalized spacial score (nSPS) is 15.9. The van der Waals surface area contributed by atoms with E-state index in [0.717, 1.165) is 41.3 Å². The third-order valence-corrected chi connectivity index (χ3v) is 6.83. The average molecular weight is 514 g/mol. The number of halogens is 1. The minimum Gasteiger partial charge on any atom is -0.456 e. The third-order valence-electron chi connectivity index (χ3n) is 6.37. The van der Waals surface area contributed by atoms with Crippen LogP contribution in [-0.2, 0) is 6.42 Å². The van der Waals surface area contributed by atoms with E-state index in [1.807, 2.05) is 20.8 Å². The molecular weight excluding hydrogens is 480 g/mol. The minimum atomic E-state index is 0.974. The summed E-state index contributed by atoms with van der Waals surface area (Å²) in [4.78, 5) is 0. The highest BCUT2D eigenvalue weighted by Gasteiger charge is 2.21. The molecule has 2 aliphatic rings. The van der Waals surface area contributed by atoms with Crippen molar-refractivity contribution in [2.24, 2.45) is 0 Å². The monoisotopic (exact) mass is 512 g/mol. The molecule has 1 nitrogen and oxygen atoms in total. The van der Waals surface area contributed by atoms with E-state index >= 15 is 0 Å². The molecule has 2 heteroatoms. The first-order valence-corrected chi connectivity index (χ1v) is 13.2. The van der Waals surface area contributed by atoms with E-state index in [4.69, 9.17) is 4.42 Å². The van der Waals surface area contributed by atoms with E-state index in [2.05, 4.69) is 102 Å². The molecule has 0 saturated carbocycles. The molecule has 174 valence electrons. The lowest BCUT2D eigenvalue weighted by Crippen LogP contribution is -2.22. The van der Waals surface area contributed by atoms with E-state index in [-0.39, 0.29) is 0 Å². The first-order chi connectivity index (χ1) is 16.7. The van der Waals surface area contributed by atoms with Gasteiger partial charge in [-0.05, 0) is 91.6 Å². The fourth-order valence-electron chi connectivity index (χ4n) is 4.79. The molecule has 0 spiro atoms. The fourth-order valence-corrected chi connectivity index (χ4v) is 5.28. The molecule has 2 aromatic carbocycles. The number of hydrogen-bond donors (Lipinski definition) is 0. The Morgan fingerprint density at radius 2 is 1.53 bits per heavy atom. The van der Waals surface area contributed by atoms with Gasteiger partial charge in [0.05, 0.1) is 0 Å². The van der Waals surface area contributed by atoms with Gasteiger partial charge >= 0.3 is 0 Å². The molecule has 2 aliphatic carbocycles. The van der Waals surface area contributed by atoms with Crippen molar-refractivity contribution in [3.8, 4) is 11.1 Å². The van der Waals surface area contributed by atoms with Crippen molar-refractivity contribution in [1.82, 2.24) is 0 Å². The minimum absolute atomic E-state index is 0.974. The number of hydrogen-bond acceptors (Lipinski definition) is 1. The van der Waals surface area contributed by atoms with E-state index in [0.29, 0.717) is 0 Å². The molecular formula is C32H33BrO. The van der Waals surface area contributed by atoms with Crippen molar-refractivity contribution in [2.75, 3.05) is 0 Å². The Morgan fingerprint density at radius 3 is 2.21 bits per heavy atom. The molecule has 0 bridgehead atoms. The maximum atomic E-state index is 6.33. The van der Waals surface area contributed by atoms with Crippen LogP contribution in [0.2, 0.25) is 0 Å². The van der Waals surface area contributed by atoms with Crippen LogP contribution >= 0.6 is 15.9 Å². The molecule has 0 amide bonds. The first-order valence-electron chi connectivity index (χ1n) is 12.4. The molecule has 5 rings (SSSR count). The molecule has 34 heavy (non-hydrogen) atoms. The van der Waals surface area contributed by atoms with Crippen LogP contribution in [0.3, 0.4) is 0 Å². The van der Waals surface area contributed by atoms with Crippen LogP contribution in [0, 0.1) is 0 Å². The van der Waals surface area contributed by atoms with Gasteiger partial charge in [0, 0.05) is 20.8 Å². The topological polar surface area (TPSA) is 13.1 Å². The highest BCUT2D eigenvalue weighted by atomic mass is 79.9. The summed E-state index contributed by atoms with van der Waals surface area (Å²) in [6, 6.07) is 15.6. The van der Waals surface area contributed by atoms with Crippen LogP contribution in [-0.4, -0.2) is 0 Å². The fraction of sp³-hybridized carbons (Fsp3) is 0.250. The van der Waals surface area contributed by atoms with Crippen LogP contribution < -0.4 is 10.6 Å². The number of rotatable bonds is 3. The van der Waals surface area contributed by atoms with Crippen LogP contribution in [0.25, 0.3) is 34.4 Å². The SMILES string of the molecule is C/C=c1/c2c(o/c1=C/C)C(c1cc(Br)cc(-c3ccc(C4=CCCC=C4)cc3)c1)=CCC2.CC. The molecule has 0 radical (unpaired) electrons. The van der Waals surface area contributed by atoms with Crippen molar-refractivity contribution in [1.29, 1.82) is 0 Å². The number of benzene rings is 2. The summed E-state index contributed by atoms with van der Waals surface area (Å²) in [6.45, 7) is 8.14. The standard InChI is InChI=1S/C30H27BrO.C2H6/c1-3-26-28-12-8-11-27(30(28)32-29(26)4-2)24-17-23(18-25(31)19-24)22-15-13-21(14-16-22)20-9-6-5-7-10-20;1-2/h3-4,6,9-11,13-19H,5,7-8,12H2,1-2H3;1-2H3/b26-3-,29-4+;. The Morgan fingerprint density at radius 1 is 0.794 bits per heavy atom. The third kappa shape index (κ3) is 4.83. The summed E-state index contributed by atoms with van der Waals surface area (Å²) in [6.07, 6.45) is 17.7. The van der Waals surface area contributed by atoms with Crippen LogP contribution in [0.1, 0.15) is 69.4 Å². The Balaban J connectivity index is 0.00000133. The smallest absolute Gasteiger partial charge is 0.138 e. The highest BCUT2D eigenvalue weighted by Crippen LogP contribution is 2.35. The highest BCUT2D eigenvalue weighted by molar-refractivity contribution is 9.10. The van der Waals surface area contributed by atoms with Crippen molar-refractivity contribution in [3.63, 3.8) is 0 Å². The van der Waals surface area contributed by atoms with Crippen molar-refractivity contribution < 1.29 is 4.42 Å². The van der Waals surface area contributed by atoms with Gasteiger partial charge in [-0.1, -0.05) is 84.4 Å². The van der Waals surface area contributed by atoms with E-state index in [1.165, 1.54) is 44.2 Å². The molecule has 0 saturated heterocycles. The predicted octanol–water partition coefficient (Wildman–Crippen LogP) is 8.45. The first kappa shape index (κ1) is 24.3. The maximum Gasteiger partial charge on any atom is 0.138 e. The predicted molar refractivity (Wildman–Crippen MR) is 151 cm³/mol. The van der Waals surface area contributed by atoms with E-state index < -0.39 is 0 Å². The van der Waals surface area contributed by atoms with E-state index in [9.17, 15) is 0 Å². The van der Waals surface area contributed by atoms with Gasteiger partial charge in [0.2, 0.25) is 0 Å².